The Hall–Kier alpha value is -4.54. The van der Waals surface area contributed by atoms with Gasteiger partial charge >= 0.3 is 0 Å². The molecule has 1 saturated heterocycles. The number of anilines is 2. The van der Waals surface area contributed by atoms with Gasteiger partial charge in [0.15, 0.2) is 23.6 Å². The van der Waals surface area contributed by atoms with Gasteiger partial charge < -0.3 is 25.0 Å². The van der Waals surface area contributed by atoms with Crippen LogP contribution in [-0.4, -0.2) is 78.2 Å². The van der Waals surface area contributed by atoms with Crippen molar-refractivity contribution in [2.75, 3.05) is 51.8 Å². The topological polar surface area (TPSA) is 150 Å². The average Bonchev–Trinajstić information content (AvgIpc) is 2.98. The Morgan fingerprint density at radius 3 is 2.90 bits per heavy atom. The SMILES string of the molecule is COc1cnc(-c2cc(Cl)ccc2F)nc1Nc1ccncc1C(=O)NCCCN=C(NC#N)N1CCOCC1. The van der Waals surface area contributed by atoms with Crippen molar-refractivity contribution in [3.63, 3.8) is 0 Å². The summed E-state index contributed by atoms with van der Waals surface area (Å²) in [6, 6.07) is 5.71. The lowest BCUT2D eigenvalue weighted by Gasteiger charge is -2.28. The number of carbonyl (C=O) groups excluding carboxylic acids is 1. The second kappa shape index (κ2) is 14.0. The Bertz CT molecular complexity index is 1410. The van der Waals surface area contributed by atoms with Crippen molar-refractivity contribution in [2.24, 2.45) is 4.99 Å². The standard InChI is InChI=1S/C26H27ClFN9O3/c1-39-22-15-33-23(18-13-17(27)3-4-20(18)28)36-24(22)35-21-5-8-30-14-19(21)25(38)31-6-2-7-32-26(34-16-29)37-9-11-40-12-10-37/h3-5,8,13-15H,2,6-7,9-12H2,1H3,(H,31,38)(H,32,34)(H,30,33,35,36). The molecule has 208 valence electrons. The second-order valence-corrected chi connectivity index (χ2v) is 8.87. The summed E-state index contributed by atoms with van der Waals surface area (Å²) in [6.45, 7) is 3.18. The van der Waals surface area contributed by atoms with E-state index in [0.717, 1.165) is 0 Å². The number of methoxy groups -OCH3 is 1. The zero-order valence-electron chi connectivity index (χ0n) is 21.7. The van der Waals surface area contributed by atoms with Crippen LogP contribution in [0.4, 0.5) is 15.9 Å². The van der Waals surface area contributed by atoms with Gasteiger partial charge in [0.2, 0.25) is 5.96 Å². The van der Waals surface area contributed by atoms with Crippen LogP contribution in [-0.2, 0) is 4.74 Å². The Labute approximate surface area is 235 Å². The molecule has 2 aromatic heterocycles. The molecule has 0 radical (unpaired) electrons. The van der Waals surface area contributed by atoms with E-state index in [1.165, 1.54) is 43.9 Å². The number of nitrogens with zero attached hydrogens (tertiary/aromatic N) is 6. The maximum atomic E-state index is 14.4. The maximum absolute atomic E-state index is 14.4. The Kier molecular flexibility index (Phi) is 9.98. The minimum atomic E-state index is -0.533. The van der Waals surface area contributed by atoms with Gasteiger partial charge in [-0.2, -0.15) is 5.26 Å². The predicted octanol–water partition coefficient (Wildman–Crippen LogP) is 2.96. The van der Waals surface area contributed by atoms with Crippen molar-refractivity contribution in [1.82, 2.24) is 30.5 Å². The zero-order chi connectivity index (χ0) is 28.3. The molecule has 14 heteroatoms. The number of amides is 1. The second-order valence-electron chi connectivity index (χ2n) is 8.43. The van der Waals surface area contributed by atoms with Crippen molar-refractivity contribution in [2.45, 2.75) is 6.42 Å². The molecule has 0 spiro atoms. The van der Waals surface area contributed by atoms with Crippen molar-refractivity contribution in [3.8, 4) is 23.3 Å². The largest absolute Gasteiger partial charge is 0.491 e. The zero-order valence-corrected chi connectivity index (χ0v) is 22.4. The number of aromatic nitrogens is 3. The Morgan fingerprint density at radius 1 is 1.30 bits per heavy atom. The summed E-state index contributed by atoms with van der Waals surface area (Å²) < 4.78 is 25.1. The van der Waals surface area contributed by atoms with E-state index in [1.54, 1.807) is 6.07 Å². The van der Waals surface area contributed by atoms with Crippen molar-refractivity contribution >= 4 is 35.0 Å². The minimum Gasteiger partial charge on any atom is -0.491 e. The highest BCUT2D eigenvalue weighted by molar-refractivity contribution is 6.30. The third kappa shape index (κ3) is 7.31. The first kappa shape index (κ1) is 28.5. The number of hydrogen-bond donors (Lipinski definition) is 3. The number of guanidine groups is 1. The fourth-order valence-corrected chi connectivity index (χ4v) is 4.00. The van der Waals surface area contributed by atoms with E-state index in [0.29, 0.717) is 62.5 Å². The summed E-state index contributed by atoms with van der Waals surface area (Å²) in [6.07, 6.45) is 6.80. The maximum Gasteiger partial charge on any atom is 0.254 e. The molecule has 3 N–H and O–H groups in total. The van der Waals surface area contributed by atoms with Crippen LogP contribution in [0, 0.1) is 17.3 Å². The highest BCUT2D eigenvalue weighted by atomic mass is 35.5. The molecule has 12 nitrogen and oxygen atoms in total. The van der Waals surface area contributed by atoms with Crippen LogP contribution in [0.5, 0.6) is 5.75 Å². The number of hydrogen-bond acceptors (Lipinski definition) is 9. The molecule has 1 aliphatic heterocycles. The molecule has 3 heterocycles. The molecular formula is C26H27ClFN9O3. The summed E-state index contributed by atoms with van der Waals surface area (Å²) in [7, 11) is 1.45. The average molecular weight is 568 g/mol. The summed E-state index contributed by atoms with van der Waals surface area (Å²) in [5.74, 6) is 0.195. The number of rotatable bonds is 9. The number of nitrogens with one attached hydrogen (secondary N) is 3. The molecule has 1 amide bonds. The van der Waals surface area contributed by atoms with Gasteiger partial charge in [0.05, 0.1) is 43.3 Å². The fourth-order valence-electron chi connectivity index (χ4n) is 3.83. The number of nitriles is 1. The molecule has 1 aromatic carbocycles. The van der Waals surface area contributed by atoms with Gasteiger partial charge in [-0.15, -0.1) is 0 Å². The minimum absolute atomic E-state index is 0.0891. The van der Waals surface area contributed by atoms with Gasteiger partial charge in [0.1, 0.15) is 5.82 Å². The van der Waals surface area contributed by atoms with E-state index < -0.39 is 5.82 Å². The highest BCUT2D eigenvalue weighted by Gasteiger charge is 2.18. The van der Waals surface area contributed by atoms with Crippen molar-refractivity contribution in [3.05, 3.63) is 59.3 Å². The Balaban J connectivity index is 1.43. The number of aliphatic imine (C=N–C) groups is 1. The van der Waals surface area contributed by atoms with Crippen LogP contribution in [0.1, 0.15) is 16.8 Å². The van der Waals surface area contributed by atoms with Crippen LogP contribution >= 0.6 is 11.6 Å². The van der Waals surface area contributed by atoms with Crippen LogP contribution in [0.2, 0.25) is 5.02 Å². The molecule has 40 heavy (non-hydrogen) atoms. The molecule has 0 atom stereocenters. The Morgan fingerprint density at radius 2 is 2.12 bits per heavy atom. The van der Waals surface area contributed by atoms with Gasteiger partial charge in [0.25, 0.3) is 5.91 Å². The predicted molar refractivity (Wildman–Crippen MR) is 147 cm³/mol. The molecule has 0 aliphatic carbocycles. The van der Waals surface area contributed by atoms with Crippen LogP contribution in [0.15, 0.2) is 47.8 Å². The van der Waals surface area contributed by atoms with E-state index >= 15 is 0 Å². The molecular weight excluding hydrogens is 541 g/mol. The first-order valence-corrected chi connectivity index (χ1v) is 12.8. The normalized spacial score (nSPS) is 13.3. The molecule has 0 saturated carbocycles. The lowest BCUT2D eigenvalue weighted by molar-refractivity contribution is 0.0668. The van der Waals surface area contributed by atoms with E-state index in [-0.39, 0.29) is 34.4 Å². The van der Waals surface area contributed by atoms with Gasteiger partial charge in [-0.3, -0.25) is 20.1 Å². The molecule has 1 aliphatic rings. The summed E-state index contributed by atoms with van der Waals surface area (Å²) in [5, 5.41) is 17.9. The van der Waals surface area contributed by atoms with E-state index in [9.17, 15) is 9.18 Å². The van der Waals surface area contributed by atoms with Crippen molar-refractivity contribution in [1.29, 1.82) is 5.26 Å². The van der Waals surface area contributed by atoms with Crippen molar-refractivity contribution < 1.29 is 18.7 Å². The number of carbonyl (C=O) groups is 1. The number of halogens is 2. The third-order valence-electron chi connectivity index (χ3n) is 5.82. The molecule has 0 unspecified atom stereocenters. The van der Waals surface area contributed by atoms with Gasteiger partial charge in [-0.05, 0) is 30.7 Å². The first-order valence-electron chi connectivity index (χ1n) is 12.4. The number of morpholine rings is 1. The summed E-state index contributed by atoms with van der Waals surface area (Å²) in [5.41, 5.74) is 0.797. The number of pyridine rings is 1. The first-order chi connectivity index (χ1) is 19.5. The third-order valence-corrected chi connectivity index (χ3v) is 6.06. The highest BCUT2D eigenvalue weighted by Crippen LogP contribution is 2.30. The molecule has 1 fully saturated rings. The quantitative estimate of drug-likeness (QED) is 0.116. The van der Waals surface area contributed by atoms with Crippen LogP contribution in [0.3, 0.4) is 0 Å². The lowest BCUT2D eigenvalue weighted by Crippen LogP contribution is -2.46. The molecule has 4 rings (SSSR count). The lowest BCUT2D eigenvalue weighted by atomic mass is 10.2. The van der Waals surface area contributed by atoms with Gasteiger partial charge in [0, 0.05) is 43.6 Å². The summed E-state index contributed by atoms with van der Waals surface area (Å²) >= 11 is 6.03. The fraction of sp³-hybridized carbons (Fsp3) is 0.308. The summed E-state index contributed by atoms with van der Waals surface area (Å²) in [4.78, 5) is 32.1. The van der Waals surface area contributed by atoms with E-state index in [4.69, 9.17) is 26.3 Å². The molecule has 3 aromatic rings. The van der Waals surface area contributed by atoms with E-state index in [2.05, 4.69) is 35.9 Å². The van der Waals surface area contributed by atoms with Gasteiger partial charge in [-0.25, -0.2) is 14.4 Å². The van der Waals surface area contributed by atoms with Crippen LogP contribution in [0.25, 0.3) is 11.4 Å². The smallest absolute Gasteiger partial charge is 0.254 e. The monoisotopic (exact) mass is 567 g/mol. The van der Waals surface area contributed by atoms with E-state index in [1.807, 2.05) is 11.1 Å². The van der Waals surface area contributed by atoms with Gasteiger partial charge in [-0.1, -0.05) is 11.6 Å². The number of ether oxygens (including phenoxy) is 2. The number of benzene rings is 1. The molecule has 0 bridgehead atoms. The van der Waals surface area contributed by atoms with Crippen LogP contribution < -0.4 is 20.7 Å².